The lowest BCUT2D eigenvalue weighted by Gasteiger charge is -2.24. The van der Waals surface area contributed by atoms with E-state index in [1.54, 1.807) is 48.5 Å². The fourth-order valence-electron chi connectivity index (χ4n) is 3.33. The van der Waals surface area contributed by atoms with Crippen LogP contribution in [0.3, 0.4) is 0 Å². The van der Waals surface area contributed by atoms with Crippen molar-refractivity contribution in [2.45, 2.75) is 30.7 Å². The van der Waals surface area contributed by atoms with Gasteiger partial charge in [0.05, 0.1) is 12.0 Å². The third-order valence-corrected chi connectivity index (χ3v) is 6.97. The lowest BCUT2D eigenvalue weighted by molar-refractivity contribution is -0.136. The minimum absolute atomic E-state index is 0.0694. The molecule has 0 saturated carbocycles. The van der Waals surface area contributed by atoms with Crippen molar-refractivity contribution >= 4 is 27.5 Å². The van der Waals surface area contributed by atoms with Gasteiger partial charge in [-0.05, 0) is 56.2 Å². The number of hydrogen-bond donors (Lipinski definition) is 2. The Bertz CT molecular complexity index is 1000. The predicted molar refractivity (Wildman–Crippen MR) is 113 cm³/mol. The summed E-state index contributed by atoms with van der Waals surface area (Å²) in [6.45, 7) is 2.34. The first-order valence-corrected chi connectivity index (χ1v) is 11.1. The second-order valence-corrected chi connectivity index (χ2v) is 9.01. The Morgan fingerprint density at radius 2 is 1.73 bits per heavy atom. The molecule has 2 aromatic carbocycles. The average Bonchev–Trinajstić information content (AvgIpc) is 3.22. The van der Waals surface area contributed by atoms with Gasteiger partial charge >= 0.3 is 11.8 Å². The summed E-state index contributed by atoms with van der Waals surface area (Å²) in [5.74, 6) is -0.995. The number of anilines is 1. The van der Waals surface area contributed by atoms with Crippen LogP contribution in [-0.4, -0.2) is 50.8 Å². The number of nitrogens with one attached hydrogen (secondary N) is 2. The molecular weight excluding hydrogens is 406 g/mol. The molecule has 0 spiro atoms. The Morgan fingerprint density at radius 3 is 2.37 bits per heavy atom. The van der Waals surface area contributed by atoms with Crippen LogP contribution in [0.1, 0.15) is 18.4 Å². The molecule has 160 valence electrons. The van der Waals surface area contributed by atoms with Gasteiger partial charge in [-0.25, -0.2) is 8.42 Å². The van der Waals surface area contributed by atoms with Crippen molar-refractivity contribution in [2.24, 2.45) is 0 Å². The monoisotopic (exact) mass is 431 g/mol. The predicted octanol–water partition coefficient (Wildman–Crippen LogP) is 1.91. The van der Waals surface area contributed by atoms with Crippen LogP contribution in [0.15, 0.2) is 53.4 Å². The molecule has 3 rings (SSSR count). The van der Waals surface area contributed by atoms with Gasteiger partial charge in [-0.1, -0.05) is 17.7 Å². The van der Waals surface area contributed by atoms with E-state index >= 15 is 0 Å². The number of amides is 2. The number of aryl methyl sites for hydroxylation is 1. The highest BCUT2D eigenvalue weighted by atomic mass is 32.2. The zero-order chi connectivity index (χ0) is 21.7. The summed E-state index contributed by atoms with van der Waals surface area (Å²) in [5, 5.41) is 5.05. The normalized spacial score (nSPS) is 16.8. The van der Waals surface area contributed by atoms with Crippen molar-refractivity contribution in [3.8, 4) is 5.75 Å². The molecule has 0 bridgehead atoms. The largest absolute Gasteiger partial charge is 0.497 e. The van der Waals surface area contributed by atoms with E-state index < -0.39 is 27.9 Å². The molecule has 0 unspecified atom stereocenters. The zero-order valence-electron chi connectivity index (χ0n) is 16.9. The Morgan fingerprint density at radius 1 is 1.07 bits per heavy atom. The van der Waals surface area contributed by atoms with Gasteiger partial charge in [0.2, 0.25) is 10.0 Å². The molecule has 9 heteroatoms. The Hall–Kier alpha value is -2.91. The Labute approximate surface area is 176 Å². The molecule has 8 nitrogen and oxygen atoms in total. The van der Waals surface area contributed by atoms with Crippen LogP contribution in [0, 0.1) is 6.92 Å². The van der Waals surface area contributed by atoms with Crippen molar-refractivity contribution < 1.29 is 22.7 Å². The van der Waals surface area contributed by atoms with Crippen LogP contribution in [-0.2, 0) is 19.6 Å². The molecule has 2 aromatic rings. The maximum atomic E-state index is 13.0. The summed E-state index contributed by atoms with van der Waals surface area (Å²) < 4.78 is 32.4. The third kappa shape index (κ3) is 4.98. The Kier molecular flexibility index (Phi) is 6.73. The van der Waals surface area contributed by atoms with Crippen molar-refractivity contribution in [1.82, 2.24) is 9.62 Å². The molecule has 1 aliphatic rings. The summed E-state index contributed by atoms with van der Waals surface area (Å²) in [5.41, 5.74) is 1.43. The molecule has 2 amide bonds. The van der Waals surface area contributed by atoms with Crippen molar-refractivity contribution in [1.29, 1.82) is 0 Å². The van der Waals surface area contributed by atoms with Crippen LogP contribution in [0.2, 0.25) is 0 Å². The molecule has 2 N–H and O–H groups in total. The number of ether oxygens (including phenoxy) is 1. The van der Waals surface area contributed by atoms with Crippen molar-refractivity contribution in [3.05, 3.63) is 54.1 Å². The highest BCUT2D eigenvalue weighted by Gasteiger charge is 2.35. The standard InChI is InChI=1S/C21H25N3O5S/c1-15-5-11-19(12-6-15)30(27,28)24-13-3-4-17(24)14-22-20(25)21(26)23-16-7-9-18(29-2)10-8-16/h5-12,17H,3-4,13-14H2,1-2H3,(H,22,25)(H,23,26)/t17-/m1/s1. The lowest BCUT2D eigenvalue weighted by atomic mass is 10.2. The molecule has 1 saturated heterocycles. The number of sulfonamides is 1. The van der Waals surface area contributed by atoms with Crippen molar-refractivity contribution in [3.63, 3.8) is 0 Å². The molecule has 0 aliphatic carbocycles. The van der Waals surface area contributed by atoms with Gasteiger partial charge in [0.25, 0.3) is 0 Å². The van der Waals surface area contributed by atoms with Gasteiger partial charge in [0.1, 0.15) is 5.75 Å². The van der Waals surface area contributed by atoms with E-state index in [9.17, 15) is 18.0 Å². The number of carbonyl (C=O) groups is 2. The molecule has 0 radical (unpaired) electrons. The smallest absolute Gasteiger partial charge is 0.313 e. The van der Waals surface area contributed by atoms with E-state index in [4.69, 9.17) is 4.74 Å². The number of nitrogens with zero attached hydrogens (tertiary/aromatic N) is 1. The summed E-state index contributed by atoms with van der Waals surface area (Å²) in [6.07, 6.45) is 1.31. The maximum absolute atomic E-state index is 13.0. The SMILES string of the molecule is COc1ccc(NC(=O)C(=O)NC[C@H]2CCCN2S(=O)(=O)c2ccc(C)cc2)cc1. The van der Waals surface area contributed by atoms with E-state index in [-0.39, 0.29) is 11.4 Å². The highest BCUT2D eigenvalue weighted by Crippen LogP contribution is 2.26. The fourth-order valence-corrected chi connectivity index (χ4v) is 5.02. The molecule has 1 atom stereocenters. The summed E-state index contributed by atoms with van der Waals surface area (Å²) in [7, 11) is -2.12. The Balaban J connectivity index is 1.59. The lowest BCUT2D eigenvalue weighted by Crippen LogP contribution is -2.45. The number of hydrogen-bond acceptors (Lipinski definition) is 5. The van der Waals surface area contributed by atoms with Crippen LogP contribution >= 0.6 is 0 Å². The second-order valence-electron chi connectivity index (χ2n) is 7.12. The molecule has 0 aromatic heterocycles. The third-order valence-electron chi connectivity index (χ3n) is 5.00. The molecule has 1 aliphatic heterocycles. The van der Waals surface area contributed by atoms with Gasteiger partial charge in [0, 0.05) is 24.8 Å². The van der Waals surface area contributed by atoms with E-state index in [0.29, 0.717) is 30.8 Å². The quantitative estimate of drug-likeness (QED) is 0.680. The number of methoxy groups -OCH3 is 1. The summed E-state index contributed by atoms with van der Waals surface area (Å²) in [6, 6.07) is 12.9. The minimum Gasteiger partial charge on any atom is -0.497 e. The van der Waals surface area contributed by atoms with E-state index in [2.05, 4.69) is 10.6 Å². The first kappa shape index (κ1) is 21.8. The summed E-state index contributed by atoms with van der Waals surface area (Å²) >= 11 is 0. The van der Waals surface area contributed by atoms with Crippen LogP contribution in [0.25, 0.3) is 0 Å². The minimum atomic E-state index is -3.66. The maximum Gasteiger partial charge on any atom is 0.313 e. The second kappa shape index (κ2) is 9.27. The molecule has 30 heavy (non-hydrogen) atoms. The molecule has 1 heterocycles. The van der Waals surface area contributed by atoms with E-state index in [0.717, 1.165) is 5.56 Å². The average molecular weight is 432 g/mol. The molecule has 1 fully saturated rings. The fraction of sp³-hybridized carbons (Fsp3) is 0.333. The van der Waals surface area contributed by atoms with Gasteiger partial charge in [-0.3, -0.25) is 9.59 Å². The van der Waals surface area contributed by atoms with Crippen LogP contribution in [0.5, 0.6) is 5.75 Å². The number of benzene rings is 2. The number of rotatable bonds is 6. The van der Waals surface area contributed by atoms with Gasteiger partial charge in [-0.15, -0.1) is 0 Å². The van der Waals surface area contributed by atoms with Crippen molar-refractivity contribution in [2.75, 3.05) is 25.5 Å². The highest BCUT2D eigenvalue weighted by molar-refractivity contribution is 7.89. The first-order chi connectivity index (χ1) is 14.3. The molecular formula is C21H25N3O5S. The van der Waals surface area contributed by atoms with E-state index in [1.807, 2.05) is 6.92 Å². The van der Waals surface area contributed by atoms with Gasteiger partial charge < -0.3 is 15.4 Å². The first-order valence-electron chi connectivity index (χ1n) is 9.63. The topological polar surface area (TPSA) is 105 Å². The summed E-state index contributed by atoms with van der Waals surface area (Å²) in [4.78, 5) is 24.5. The van der Waals surface area contributed by atoms with E-state index in [1.165, 1.54) is 11.4 Å². The van der Waals surface area contributed by atoms with Crippen LogP contribution < -0.4 is 15.4 Å². The van der Waals surface area contributed by atoms with Crippen LogP contribution in [0.4, 0.5) is 5.69 Å². The zero-order valence-corrected chi connectivity index (χ0v) is 17.7. The number of carbonyl (C=O) groups excluding carboxylic acids is 2. The van der Waals surface area contributed by atoms with Gasteiger partial charge in [0.15, 0.2) is 0 Å². The van der Waals surface area contributed by atoms with Gasteiger partial charge in [-0.2, -0.15) is 4.31 Å².